The van der Waals surface area contributed by atoms with Crippen LogP contribution < -0.4 is 10.5 Å². The number of benzene rings is 2. The quantitative estimate of drug-likeness (QED) is 0.610. The van der Waals surface area contributed by atoms with Crippen molar-refractivity contribution in [2.45, 2.75) is 0 Å². The van der Waals surface area contributed by atoms with Crippen molar-refractivity contribution in [1.29, 1.82) is 0 Å². The Morgan fingerprint density at radius 1 is 1.11 bits per heavy atom. The Labute approximate surface area is 121 Å². The molecule has 18 heavy (non-hydrogen) atoms. The molecule has 0 aliphatic rings. The Morgan fingerprint density at radius 3 is 2.50 bits per heavy atom. The lowest BCUT2D eigenvalue weighted by atomic mass is 10.3. The Morgan fingerprint density at radius 2 is 1.83 bits per heavy atom. The summed E-state index contributed by atoms with van der Waals surface area (Å²) in [5.41, 5.74) is 5.96. The van der Waals surface area contributed by atoms with Gasteiger partial charge in [0.1, 0.15) is 17.4 Å². The summed E-state index contributed by atoms with van der Waals surface area (Å²) in [6.45, 7) is 0. The van der Waals surface area contributed by atoms with Crippen molar-refractivity contribution in [2.24, 2.45) is 0 Å². The molecule has 0 unspecified atom stereocenters. The van der Waals surface area contributed by atoms with Gasteiger partial charge in [-0.2, -0.15) is 0 Å². The number of halogens is 4. The molecular weight excluding hydrogens is 374 g/mol. The average Bonchev–Trinajstić information content (AvgIpc) is 2.31. The summed E-state index contributed by atoms with van der Waals surface area (Å²) in [7, 11) is 0. The highest BCUT2D eigenvalue weighted by atomic mass is 127. The smallest absolute Gasteiger partial charge is 0.153 e. The molecule has 0 radical (unpaired) electrons. The van der Waals surface area contributed by atoms with Gasteiger partial charge in [0.05, 0.1) is 14.3 Å². The summed E-state index contributed by atoms with van der Waals surface area (Å²) < 4.78 is 32.3. The second kappa shape index (κ2) is 5.27. The number of rotatable bonds is 2. The number of hydrogen-bond acceptors (Lipinski definition) is 2. The van der Waals surface area contributed by atoms with E-state index in [4.69, 9.17) is 22.1 Å². The fraction of sp³-hybridized carbons (Fsp3) is 0. The molecule has 0 saturated carbocycles. The molecule has 0 aliphatic heterocycles. The molecule has 6 heteroatoms. The summed E-state index contributed by atoms with van der Waals surface area (Å²) in [6, 6.07) is 6.53. The lowest BCUT2D eigenvalue weighted by molar-refractivity contribution is 0.473. The van der Waals surface area contributed by atoms with Gasteiger partial charge in [-0.05, 0) is 40.8 Å². The Hall–Kier alpha value is -1.08. The molecule has 94 valence electrons. The zero-order chi connectivity index (χ0) is 13.3. The molecule has 0 heterocycles. The highest BCUT2D eigenvalue weighted by molar-refractivity contribution is 14.1. The van der Waals surface area contributed by atoms with Crippen molar-refractivity contribution in [3.63, 3.8) is 0 Å². The number of anilines is 1. The summed E-state index contributed by atoms with van der Waals surface area (Å²) >= 11 is 7.36. The Bertz CT molecular complexity index is 607. The lowest BCUT2D eigenvalue weighted by Crippen LogP contribution is -1.95. The third kappa shape index (κ3) is 2.84. The molecule has 0 saturated heterocycles. The molecule has 2 rings (SSSR count). The van der Waals surface area contributed by atoms with E-state index in [1.165, 1.54) is 18.2 Å². The minimum atomic E-state index is -0.612. The Kier molecular flexibility index (Phi) is 3.91. The van der Waals surface area contributed by atoms with Crippen LogP contribution in [0.15, 0.2) is 30.3 Å². The monoisotopic (exact) mass is 381 g/mol. The zero-order valence-corrected chi connectivity index (χ0v) is 11.8. The highest BCUT2D eigenvalue weighted by Gasteiger charge is 2.09. The van der Waals surface area contributed by atoms with Crippen LogP contribution in [0, 0.1) is 15.2 Å². The van der Waals surface area contributed by atoms with Crippen molar-refractivity contribution < 1.29 is 13.5 Å². The van der Waals surface area contributed by atoms with Gasteiger partial charge in [-0.15, -0.1) is 0 Å². The lowest BCUT2D eigenvalue weighted by Gasteiger charge is -2.09. The number of nitrogen functional groups attached to an aromatic ring is 1. The van der Waals surface area contributed by atoms with Crippen LogP contribution in [-0.4, -0.2) is 0 Å². The summed E-state index contributed by atoms with van der Waals surface area (Å²) in [4.78, 5) is 0. The summed E-state index contributed by atoms with van der Waals surface area (Å²) in [5, 5.41) is -0.0101. The third-order valence-electron chi connectivity index (χ3n) is 2.17. The van der Waals surface area contributed by atoms with E-state index < -0.39 is 11.6 Å². The van der Waals surface area contributed by atoms with E-state index in [0.717, 1.165) is 12.1 Å². The normalized spacial score (nSPS) is 10.4. The third-order valence-corrected chi connectivity index (χ3v) is 3.30. The molecule has 0 spiro atoms. The number of hydrogen-bond donors (Lipinski definition) is 1. The molecule has 0 aromatic heterocycles. The van der Waals surface area contributed by atoms with Gasteiger partial charge in [-0.25, -0.2) is 8.78 Å². The summed E-state index contributed by atoms with van der Waals surface area (Å²) in [5.74, 6) is -0.730. The standard InChI is InChI=1S/C12H7ClF2INO/c13-7-2-1-6(3-8(7)14)18-12-4-9(15)10(16)5-11(12)17/h1-5H,17H2. The van der Waals surface area contributed by atoms with Crippen molar-refractivity contribution in [3.05, 3.63) is 50.6 Å². The van der Waals surface area contributed by atoms with Crippen LogP contribution in [-0.2, 0) is 0 Å². The first-order chi connectivity index (χ1) is 8.47. The van der Waals surface area contributed by atoms with Gasteiger partial charge in [0.25, 0.3) is 0 Å². The largest absolute Gasteiger partial charge is 0.455 e. The van der Waals surface area contributed by atoms with Crippen LogP contribution in [0.2, 0.25) is 5.02 Å². The van der Waals surface area contributed by atoms with Crippen LogP contribution in [0.3, 0.4) is 0 Å². The second-order valence-corrected chi connectivity index (χ2v) is 5.05. The van der Waals surface area contributed by atoms with Crippen molar-refractivity contribution in [3.8, 4) is 11.5 Å². The molecule has 0 atom stereocenters. The zero-order valence-electron chi connectivity index (χ0n) is 8.88. The van der Waals surface area contributed by atoms with E-state index in [-0.39, 0.29) is 22.2 Å². The van der Waals surface area contributed by atoms with E-state index >= 15 is 0 Å². The molecule has 2 nitrogen and oxygen atoms in total. The maximum atomic E-state index is 13.4. The first-order valence-electron chi connectivity index (χ1n) is 4.85. The number of nitrogens with two attached hydrogens (primary N) is 1. The van der Waals surface area contributed by atoms with Crippen molar-refractivity contribution in [1.82, 2.24) is 0 Å². The average molecular weight is 382 g/mol. The fourth-order valence-electron chi connectivity index (χ4n) is 1.30. The van der Waals surface area contributed by atoms with E-state index in [0.29, 0.717) is 3.57 Å². The minimum Gasteiger partial charge on any atom is -0.455 e. The van der Waals surface area contributed by atoms with Gasteiger partial charge < -0.3 is 10.5 Å². The van der Waals surface area contributed by atoms with Crippen LogP contribution in [0.1, 0.15) is 0 Å². The van der Waals surface area contributed by atoms with Gasteiger partial charge in [0.2, 0.25) is 0 Å². The molecule has 0 amide bonds. The highest BCUT2D eigenvalue weighted by Crippen LogP contribution is 2.31. The first kappa shape index (κ1) is 13.4. The van der Waals surface area contributed by atoms with Gasteiger partial charge in [-0.1, -0.05) is 11.6 Å². The van der Waals surface area contributed by atoms with Gasteiger partial charge in [-0.3, -0.25) is 0 Å². The van der Waals surface area contributed by atoms with Crippen molar-refractivity contribution >= 4 is 39.9 Å². The van der Waals surface area contributed by atoms with Crippen LogP contribution in [0.4, 0.5) is 14.5 Å². The van der Waals surface area contributed by atoms with Crippen LogP contribution >= 0.6 is 34.2 Å². The predicted molar refractivity (Wildman–Crippen MR) is 75.0 cm³/mol. The van der Waals surface area contributed by atoms with E-state index in [9.17, 15) is 8.78 Å². The molecule has 0 aliphatic carbocycles. The number of ether oxygens (including phenoxy) is 1. The molecule has 0 fully saturated rings. The molecule has 0 bridgehead atoms. The molecule has 2 N–H and O–H groups in total. The van der Waals surface area contributed by atoms with Crippen LogP contribution in [0.5, 0.6) is 11.5 Å². The van der Waals surface area contributed by atoms with Gasteiger partial charge >= 0.3 is 0 Å². The van der Waals surface area contributed by atoms with Gasteiger partial charge in [0.15, 0.2) is 5.75 Å². The fourth-order valence-corrected chi connectivity index (χ4v) is 1.91. The summed E-state index contributed by atoms with van der Waals surface area (Å²) in [6.07, 6.45) is 0. The molecule has 2 aromatic carbocycles. The predicted octanol–water partition coefficient (Wildman–Crippen LogP) is 4.60. The molecule has 2 aromatic rings. The minimum absolute atomic E-state index is 0.0101. The van der Waals surface area contributed by atoms with E-state index in [2.05, 4.69) is 0 Å². The first-order valence-corrected chi connectivity index (χ1v) is 6.30. The van der Waals surface area contributed by atoms with Crippen molar-refractivity contribution in [2.75, 3.05) is 5.73 Å². The Balaban J connectivity index is 2.34. The maximum Gasteiger partial charge on any atom is 0.153 e. The van der Waals surface area contributed by atoms with Crippen LogP contribution in [0.25, 0.3) is 0 Å². The van der Waals surface area contributed by atoms with Gasteiger partial charge in [0, 0.05) is 12.1 Å². The van der Waals surface area contributed by atoms with E-state index in [1.807, 2.05) is 22.6 Å². The maximum absolute atomic E-state index is 13.4. The van der Waals surface area contributed by atoms with E-state index in [1.54, 1.807) is 0 Å². The topological polar surface area (TPSA) is 35.2 Å². The molecular formula is C12H7ClF2INO. The second-order valence-electron chi connectivity index (χ2n) is 3.48. The SMILES string of the molecule is Nc1cc(I)c(F)cc1Oc1ccc(Cl)c(F)c1.